The van der Waals surface area contributed by atoms with Gasteiger partial charge in [-0.3, -0.25) is 4.79 Å². The van der Waals surface area contributed by atoms with Gasteiger partial charge in [-0.1, -0.05) is 23.8 Å². The van der Waals surface area contributed by atoms with Crippen molar-refractivity contribution < 1.29 is 18.3 Å². The number of hydrogen-bond donors (Lipinski definition) is 2. The Morgan fingerprint density at radius 1 is 1.13 bits per heavy atom. The Hall–Kier alpha value is -2.34. The summed E-state index contributed by atoms with van der Waals surface area (Å²) >= 11 is 0. The second-order valence-electron chi connectivity index (χ2n) is 5.56. The molecule has 2 aromatic rings. The lowest BCUT2D eigenvalue weighted by molar-refractivity contribution is 0.0937. The van der Waals surface area contributed by atoms with Crippen LogP contribution in [0.15, 0.2) is 47.4 Å². The molecule has 2 N–H and O–H groups in total. The molecule has 1 atom stereocenters. The maximum Gasteiger partial charge on any atom is 0.255 e. The minimum atomic E-state index is -3.24. The minimum Gasteiger partial charge on any atom is -0.507 e. The minimum absolute atomic E-state index is 0.0762. The number of carbonyl (C=O) groups is 1. The highest BCUT2D eigenvalue weighted by molar-refractivity contribution is 7.90. The molecule has 1 unspecified atom stereocenters. The lowest BCUT2D eigenvalue weighted by Gasteiger charge is -2.15. The van der Waals surface area contributed by atoms with Crippen LogP contribution in [0.3, 0.4) is 0 Å². The topological polar surface area (TPSA) is 83.5 Å². The molecule has 23 heavy (non-hydrogen) atoms. The summed E-state index contributed by atoms with van der Waals surface area (Å²) in [4.78, 5) is 12.5. The Bertz CT molecular complexity index is 826. The van der Waals surface area contributed by atoms with Crippen molar-refractivity contribution in [3.63, 3.8) is 0 Å². The fraction of sp³-hybridized carbons (Fsp3) is 0.235. The van der Waals surface area contributed by atoms with Gasteiger partial charge in [0.15, 0.2) is 9.84 Å². The van der Waals surface area contributed by atoms with E-state index in [1.807, 2.05) is 6.92 Å². The highest BCUT2D eigenvalue weighted by Gasteiger charge is 2.15. The molecule has 0 radical (unpaired) electrons. The van der Waals surface area contributed by atoms with Crippen LogP contribution < -0.4 is 5.32 Å². The number of nitrogens with one attached hydrogen (secondary N) is 1. The molecule has 0 aliphatic heterocycles. The molecule has 0 bridgehead atoms. The van der Waals surface area contributed by atoms with Gasteiger partial charge in [-0.15, -0.1) is 0 Å². The molecule has 0 saturated carbocycles. The van der Waals surface area contributed by atoms with E-state index in [4.69, 9.17) is 0 Å². The third kappa shape index (κ3) is 4.10. The molecule has 0 spiro atoms. The van der Waals surface area contributed by atoms with Crippen LogP contribution in [-0.4, -0.2) is 25.7 Å². The van der Waals surface area contributed by atoms with Crippen molar-refractivity contribution in [2.75, 3.05) is 6.26 Å². The van der Waals surface area contributed by atoms with Crippen molar-refractivity contribution >= 4 is 15.7 Å². The summed E-state index contributed by atoms with van der Waals surface area (Å²) in [6, 6.07) is 10.8. The van der Waals surface area contributed by atoms with E-state index in [0.29, 0.717) is 0 Å². The quantitative estimate of drug-likeness (QED) is 0.901. The van der Waals surface area contributed by atoms with Crippen LogP contribution in [-0.2, 0) is 9.84 Å². The average molecular weight is 333 g/mol. The van der Waals surface area contributed by atoms with Crippen molar-refractivity contribution in [3.05, 3.63) is 59.2 Å². The molecule has 6 heteroatoms. The normalized spacial score (nSPS) is 12.7. The predicted molar refractivity (Wildman–Crippen MR) is 88.3 cm³/mol. The highest BCUT2D eigenvalue weighted by atomic mass is 32.2. The number of hydrogen-bond acceptors (Lipinski definition) is 4. The van der Waals surface area contributed by atoms with E-state index in [-0.39, 0.29) is 28.2 Å². The third-order valence-electron chi connectivity index (χ3n) is 3.55. The summed E-state index contributed by atoms with van der Waals surface area (Å²) in [5, 5.41) is 12.6. The number of phenols is 1. The molecule has 2 aromatic carbocycles. The second kappa shape index (κ2) is 6.42. The summed E-state index contributed by atoms with van der Waals surface area (Å²) in [5.74, 6) is -0.460. The molecular weight excluding hydrogens is 314 g/mol. The van der Waals surface area contributed by atoms with Gasteiger partial charge < -0.3 is 10.4 Å². The lowest BCUT2D eigenvalue weighted by Crippen LogP contribution is -2.26. The molecule has 0 aliphatic carbocycles. The molecule has 0 fully saturated rings. The van der Waals surface area contributed by atoms with E-state index in [1.54, 1.807) is 31.2 Å². The first-order valence-corrected chi connectivity index (χ1v) is 8.98. The van der Waals surface area contributed by atoms with Crippen LogP contribution in [0, 0.1) is 6.92 Å². The summed E-state index contributed by atoms with van der Waals surface area (Å²) in [5.41, 5.74) is 1.86. The van der Waals surface area contributed by atoms with Gasteiger partial charge in [0, 0.05) is 6.26 Å². The molecule has 0 saturated heterocycles. The molecular formula is C17H19NO4S. The van der Waals surface area contributed by atoms with Gasteiger partial charge in [-0.2, -0.15) is 0 Å². The smallest absolute Gasteiger partial charge is 0.255 e. The molecule has 5 nitrogen and oxygen atoms in total. The number of phenolic OH excluding ortho intramolecular Hbond substituents is 1. The maximum atomic E-state index is 12.3. The summed E-state index contributed by atoms with van der Waals surface area (Å²) < 4.78 is 22.9. The van der Waals surface area contributed by atoms with Crippen LogP contribution in [0.5, 0.6) is 5.75 Å². The summed E-state index contributed by atoms with van der Waals surface area (Å²) in [6.07, 6.45) is 1.15. The van der Waals surface area contributed by atoms with Crippen molar-refractivity contribution in [1.29, 1.82) is 0 Å². The first kappa shape index (κ1) is 17.0. The Labute approximate surface area is 135 Å². The van der Waals surface area contributed by atoms with Crippen LogP contribution in [0.25, 0.3) is 0 Å². The number of aromatic hydroxyl groups is 1. The number of benzene rings is 2. The van der Waals surface area contributed by atoms with Gasteiger partial charge in [-0.25, -0.2) is 8.42 Å². The van der Waals surface area contributed by atoms with Gasteiger partial charge in [-0.05, 0) is 43.7 Å². The fourth-order valence-corrected chi connectivity index (χ4v) is 2.82. The van der Waals surface area contributed by atoms with Crippen LogP contribution in [0.1, 0.15) is 34.5 Å². The number of rotatable bonds is 4. The monoisotopic (exact) mass is 333 g/mol. The van der Waals surface area contributed by atoms with Gasteiger partial charge in [0.2, 0.25) is 0 Å². The molecule has 0 heterocycles. The van der Waals surface area contributed by atoms with Crippen LogP contribution in [0.2, 0.25) is 0 Å². The third-order valence-corrected chi connectivity index (χ3v) is 4.68. The van der Waals surface area contributed by atoms with Crippen LogP contribution in [0.4, 0.5) is 0 Å². The lowest BCUT2D eigenvalue weighted by atomic mass is 10.1. The van der Waals surface area contributed by atoms with Gasteiger partial charge in [0.1, 0.15) is 5.75 Å². The molecule has 0 aromatic heterocycles. The molecule has 122 valence electrons. The van der Waals surface area contributed by atoms with Crippen molar-refractivity contribution in [1.82, 2.24) is 5.32 Å². The largest absolute Gasteiger partial charge is 0.507 e. The van der Waals surface area contributed by atoms with Crippen molar-refractivity contribution in [3.8, 4) is 5.75 Å². The van der Waals surface area contributed by atoms with E-state index in [2.05, 4.69) is 5.32 Å². The molecule has 1 amide bonds. The summed E-state index contributed by atoms with van der Waals surface area (Å²) in [6.45, 7) is 3.63. The first-order valence-electron chi connectivity index (χ1n) is 7.09. The van der Waals surface area contributed by atoms with Crippen molar-refractivity contribution in [2.45, 2.75) is 24.8 Å². The Morgan fingerprint density at radius 2 is 1.74 bits per heavy atom. The predicted octanol–water partition coefficient (Wildman–Crippen LogP) is 2.60. The first-order chi connectivity index (χ1) is 10.7. The maximum absolute atomic E-state index is 12.3. The van der Waals surface area contributed by atoms with E-state index >= 15 is 0 Å². The van der Waals surface area contributed by atoms with E-state index in [1.165, 1.54) is 18.2 Å². The summed E-state index contributed by atoms with van der Waals surface area (Å²) in [7, 11) is -3.24. The number of carbonyl (C=O) groups excluding carboxylic acids is 1. The average Bonchev–Trinajstić information content (AvgIpc) is 2.48. The highest BCUT2D eigenvalue weighted by Crippen LogP contribution is 2.21. The van der Waals surface area contributed by atoms with Gasteiger partial charge >= 0.3 is 0 Å². The SMILES string of the molecule is Cc1ccc(O)c(C(=O)NC(C)c2ccc(S(C)(=O)=O)cc2)c1. The van der Waals surface area contributed by atoms with E-state index in [9.17, 15) is 18.3 Å². The number of aryl methyl sites for hydroxylation is 1. The fourth-order valence-electron chi connectivity index (χ4n) is 2.19. The van der Waals surface area contributed by atoms with Crippen molar-refractivity contribution in [2.24, 2.45) is 0 Å². The van der Waals surface area contributed by atoms with E-state index < -0.39 is 9.84 Å². The second-order valence-corrected chi connectivity index (χ2v) is 7.57. The molecule has 0 aliphatic rings. The Morgan fingerprint density at radius 3 is 2.30 bits per heavy atom. The zero-order valence-electron chi connectivity index (χ0n) is 13.2. The number of amides is 1. The zero-order chi connectivity index (χ0) is 17.2. The van der Waals surface area contributed by atoms with Crippen LogP contribution >= 0.6 is 0 Å². The van der Waals surface area contributed by atoms with Gasteiger partial charge in [0.25, 0.3) is 5.91 Å². The Kier molecular flexibility index (Phi) is 4.75. The number of sulfone groups is 1. The standard InChI is InChI=1S/C17H19NO4S/c1-11-4-9-16(19)15(10-11)17(20)18-12(2)13-5-7-14(8-6-13)23(3,21)22/h4-10,12,19H,1-3H3,(H,18,20). The van der Waals surface area contributed by atoms with E-state index in [0.717, 1.165) is 17.4 Å². The zero-order valence-corrected chi connectivity index (χ0v) is 14.0. The van der Waals surface area contributed by atoms with Gasteiger partial charge in [0.05, 0.1) is 16.5 Å². The molecule has 2 rings (SSSR count). The Balaban J connectivity index is 2.17.